The fourth-order valence-corrected chi connectivity index (χ4v) is 5.45. The monoisotopic (exact) mass is 482 g/mol. The Morgan fingerprint density at radius 1 is 0.706 bits per heavy atom. The quantitative estimate of drug-likeness (QED) is 0.147. The summed E-state index contributed by atoms with van der Waals surface area (Å²) in [4.78, 5) is 10.6. The molecule has 1 unspecified atom stereocenters. The Labute approximate surface area is 215 Å². The molecule has 1 atom stereocenters. The van der Waals surface area contributed by atoms with E-state index >= 15 is 0 Å². The van der Waals surface area contributed by atoms with Gasteiger partial charge in [-0.1, -0.05) is 110 Å². The number of unbranched alkanes of at least 4 members (excludes halogenated alkanes) is 8. The van der Waals surface area contributed by atoms with Gasteiger partial charge in [0.2, 0.25) is 0 Å². The van der Waals surface area contributed by atoms with Gasteiger partial charge in [0.1, 0.15) is 0 Å². The van der Waals surface area contributed by atoms with Crippen LogP contribution in [0, 0.1) is 11.8 Å². The first-order chi connectivity index (χ1) is 16.6. The highest BCUT2D eigenvalue weighted by atomic mass is 32.2. The van der Waals surface area contributed by atoms with Crippen molar-refractivity contribution in [3.05, 3.63) is 42.2 Å². The van der Waals surface area contributed by atoms with Gasteiger partial charge < -0.3 is 0 Å². The minimum absolute atomic E-state index is 0.827. The molecule has 1 heterocycles. The minimum atomic E-state index is 0.827. The van der Waals surface area contributed by atoms with Gasteiger partial charge in [0.05, 0.1) is 0 Å². The van der Waals surface area contributed by atoms with E-state index in [1.54, 1.807) is 0 Å². The normalized spacial score (nSPS) is 12.4. The van der Waals surface area contributed by atoms with Gasteiger partial charge in [-0.25, -0.2) is 9.97 Å². The maximum Gasteiger partial charge on any atom is 0.159 e. The molecule has 0 spiro atoms. The fraction of sp³-hybridized carbons (Fsp3) is 0.677. The van der Waals surface area contributed by atoms with Gasteiger partial charge >= 0.3 is 0 Å². The zero-order valence-corrected chi connectivity index (χ0v) is 23.3. The van der Waals surface area contributed by atoms with Crippen molar-refractivity contribution in [3.63, 3.8) is 0 Å². The van der Waals surface area contributed by atoms with E-state index in [4.69, 9.17) is 0 Å². The van der Waals surface area contributed by atoms with Crippen LogP contribution in [0.5, 0.6) is 0 Å². The summed E-state index contributed by atoms with van der Waals surface area (Å²) in [6.07, 6.45) is 22.9. The van der Waals surface area contributed by atoms with Crippen molar-refractivity contribution < 1.29 is 0 Å². The predicted octanol–water partition coefficient (Wildman–Crippen LogP) is 10.2. The summed E-state index contributed by atoms with van der Waals surface area (Å²) in [6.45, 7) is 9.33. The third-order valence-corrected chi connectivity index (χ3v) is 7.79. The van der Waals surface area contributed by atoms with Crippen LogP contribution in [0.3, 0.4) is 0 Å². The first-order valence-electron chi connectivity index (χ1n) is 14.1. The molecule has 0 aliphatic rings. The van der Waals surface area contributed by atoms with Crippen LogP contribution in [-0.2, 0) is 6.42 Å². The van der Waals surface area contributed by atoms with E-state index in [0.717, 1.165) is 29.6 Å². The topological polar surface area (TPSA) is 25.8 Å². The standard InChI is InChI=1S/C31H50N2S/c1-5-6-7-8-9-10-11-12-13-17-28-24-32-31(33-25-28)29-18-20-30(21-19-29)34-23-22-27(4)16-14-15-26(2)3/h18-21,24-27H,5-17,22-23H2,1-4H3. The van der Waals surface area contributed by atoms with Crippen LogP contribution in [0.15, 0.2) is 41.6 Å². The Balaban J connectivity index is 1.63. The summed E-state index contributed by atoms with van der Waals surface area (Å²) >= 11 is 1.97. The molecule has 34 heavy (non-hydrogen) atoms. The van der Waals surface area contributed by atoms with Gasteiger partial charge in [0.25, 0.3) is 0 Å². The molecule has 0 aliphatic carbocycles. The second-order valence-electron chi connectivity index (χ2n) is 10.6. The highest BCUT2D eigenvalue weighted by Gasteiger charge is 2.06. The van der Waals surface area contributed by atoms with E-state index in [9.17, 15) is 0 Å². The first-order valence-corrected chi connectivity index (χ1v) is 15.1. The molecule has 3 heteroatoms. The van der Waals surface area contributed by atoms with Gasteiger partial charge in [-0.3, -0.25) is 0 Å². The molecule has 0 saturated heterocycles. The van der Waals surface area contributed by atoms with Crippen LogP contribution in [0.1, 0.15) is 117 Å². The van der Waals surface area contributed by atoms with Crippen molar-refractivity contribution >= 4 is 11.8 Å². The zero-order valence-electron chi connectivity index (χ0n) is 22.5. The number of hydrogen-bond donors (Lipinski definition) is 0. The first kappa shape index (κ1) is 28.9. The molecular weight excluding hydrogens is 432 g/mol. The van der Waals surface area contributed by atoms with Gasteiger partial charge in [-0.15, -0.1) is 11.8 Å². The number of aromatic nitrogens is 2. The molecule has 0 fully saturated rings. The lowest BCUT2D eigenvalue weighted by Crippen LogP contribution is -1.98. The van der Waals surface area contributed by atoms with Crippen molar-refractivity contribution in [2.75, 3.05) is 5.75 Å². The van der Waals surface area contributed by atoms with Crippen LogP contribution in [0.25, 0.3) is 11.4 Å². The van der Waals surface area contributed by atoms with E-state index in [-0.39, 0.29) is 0 Å². The van der Waals surface area contributed by atoms with Crippen molar-refractivity contribution in [1.29, 1.82) is 0 Å². The lowest BCUT2D eigenvalue weighted by atomic mass is 9.98. The zero-order chi connectivity index (χ0) is 24.4. The predicted molar refractivity (Wildman–Crippen MR) is 152 cm³/mol. The lowest BCUT2D eigenvalue weighted by Gasteiger charge is -2.12. The molecule has 0 radical (unpaired) electrons. The molecule has 0 saturated carbocycles. The minimum Gasteiger partial charge on any atom is -0.236 e. The molecule has 0 aliphatic heterocycles. The third-order valence-electron chi connectivity index (χ3n) is 6.74. The van der Waals surface area contributed by atoms with E-state index in [0.29, 0.717) is 0 Å². The van der Waals surface area contributed by atoms with Crippen molar-refractivity contribution in [2.24, 2.45) is 11.8 Å². The second kappa shape index (κ2) is 18.0. The average molecular weight is 483 g/mol. The Kier molecular flexibility index (Phi) is 15.3. The molecule has 2 aromatic rings. The highest BCUT2D eigenvalue weighted by Crippen LogP contribution is 2.25. The van der Waals surface area contributed by atoms with Crippen LogP contribution < -0.4 is 0 Å². The smallest absolute Gasteiger partial charge is 0.159 e. The van der Waals surface area contributed by atoms with Gasteiger partial charge in [0.15, 0.2) is 5.82 Å². The number of rotatable bonds is 19. The number of nitrogens with zero attached hydrogens (tertiary/aromatic N) is 2. The Morgan fingerprint density at radius 3 is 1.94 bits per heavy atom. The molecule has 2 rings (SSSR count). The fourth-order valence-electron chi connectivity index (χ4n) is 4.37. The molecular formula is C31H50N2S. The maximum atomic E-state index is 4.64. The van der Waals surface area contributed by atoms with Crippen LogP contribution in [-0.4, -0.2) is 15.7 Å². The van der Waals surface area contributed by atoms with E-state index in [1.807, 2.05) is 24.2 Å². The van der Waals surface area contributed by atoms with Crippen molar-refractivity contribution in [1.82, 2.24) is 9.97 Å². The van der Waals surface area contributed by atoms with Crippen molar-refractivity contribution in [2.45, 2.75) is 122 Å². The van der Waals surface area contributed by atoms with E-state index in [1.165, 1.54) is 99.7 Å². The molecule has 0 N–H and O–H groups in total. The van der Waals surface area contributed by atoms with Crippen LogP contribution >= 0.6 is 11.8 Å². The summed E-state index contributed by atoms with van der Waals surface area (Å²) in [5.41, 5.74) is 2.38. The maximum absolute atomic E-state index is 4.64. The molecule has 0 amide bonds. The molecule has 190 valence electrons. The number of hydrogen-bond acceptors (Lipinski definition) is 3. The number of benzene rings is 1. The summed E-state index contributed by atoms with van der Waals surface area (Å²) in [7, 11) is 0. The SMILES string of the molecule is CCCCCCCCCCCc1cnc(-c2ccc(SCCC(C)CCCC(C)C)cc2)nc1. The molecule has 1 aromatic carbocycles. The Morgan fingerprint density at radius 2 is 1.32 bits per heavy atom. The third kappa shape index (κ3) is 12.9. The summed E-state index contributed by atoms with van der Waals surface area (Å²) < 4.78 is 0. The number of aryl methyl sites for hydroxylation is 1. The largest absolute Gasteiger partial charge is 0.236 e. The van der Waals surface area contributed by atoms with Crippen molar-refractivity contribution in [3.8, 4) is 11.4 Å². The van der Waals surface area contributed by atoms with Crippen LogP contribution in [0.2, 0.25) is 0 Å². The van der Waals surface area contributed by atoms with E-state index < -0.39 is 0 Å². The Hall–Kier alpha value is -1.35. The summed E-state index contributed by atoms with van der Waals surface area (Å²) in [5, 5.41) is 0. The average Bonchev–Trinajstić information content (AvgIpc) is 2.84. The Bertz CT molecular complexity index is 739. The van der Waals surface area contributed by atoms with Crippen LogP contribution in [0.4, 0.5) is 0 Å². The van der Waals surface area contributed by atoms with E-state index in [2.05, 4.69) is 61.9 Å². The molecule has 0 bridgehead atoms. The van der Waals surface area contributed by atoms with Gasteiger partial charge in [-0.2, -0.15) is 0 Å². The molecule has 2 nitrogen and oxygen atoms in total. The summed E-state index contributed by atoms with van der Waals surface area (Å²) in [6, 6.07) is 8.79. The summed E-state index contributed by atoms with van der Waals surface area (Å²) in [5.74, 6) is 3.70. The number of thioether (sulfide) groups is 1. The molecule has 1 aromatic heterocycles. The van der Waals surface area contributed by atoms with Gasteiger partial charge in [0, 0.05) is 22.9 Å². The van der Waals surface area contributed by atoms with Gasteiger partial charge in [-0.05, 0) is 54.5 Å². The highest BCUT2D eigenvalue weighted by molar-refractivity contribution is 7.99. The lowest BCUT2D eigenvalue weighted by molar-refractivity contribution is 0.451. The second-order valence-corrected chi connectivity index (χ2v) is 11.8.